The number of aromatic nitrogens is 2. The van der Waals surface area contributed by atoms with Gasteiger partial charge in [-0.15, -0.1) is 0 Å². The molecule has 16 heavy (non-hydrogen) atoms. The minimum absolute atomic E-state index is 0.186. The molecule has 0 aliphatic carbocycles. The van der Waals surface area contributed by atoms with Gasteiger partial charge in [-0.05, 0) is 41.4 Å². The molecular weight excluding hydrogens is 317 g/mol. The van der Waals surface area contributed by atoms with Crippen LogP contribution in [-0.2, 0) is 11.3 Å². The number of nitrogens with zero attached hydrogens (tertiary/aromatic N) is 3. The molecule has 88 valence electrons. The quantitative estimate of drug-likeness (QED) is 0.774. The number of carbonyl (C=O) groups excluding carboxylic acids is 1. The third-order valence-electron chi connectivity index (χ3n) is 2.91. The molecule has 0 bridgehead atoms. The molecule has 2 rings (SSSR count). The van der Waals surface area contributed by atoms with E-state index in [-0.39, 0.29) is 5.91 Å². The Morgan fingerprint density at radius 2 is 2.50 bits per heavy atom. The minimum atomic E-state index is 0.186. The highest BCUT2D eigenvalue weighted by Crippen LogP contribution is 2.15. The summed E-state index contributed by atoms with van der Waals surface area (Å²) in [7, 11) is 0. The molecular formula is C11H16IN3O. The van der Waals surface area contributed by atoms with Crippen molar-refractivity contribution in [2.75, 3.05) is 13.1 Å². The second-order valence-electron chi connectivity index (χ2n) is 4.44. The van der Waals surface area contributed by atoms with Gasteiger partial charge in [-0.25, -0.2) is 0 Å². The number of likely N-dealkylation sites (tertiary alicyclic amines) is 1. The molecule has 0 unspecified atom stereocenters. The van der Waals surface area contributed by atoms with E-state index in [9.17, 15) is 4.79 Å². The van der Waals surface area contributed by atoms with Crippen LogP contribution in [0.2, 0.25) is 0 Å². The zero-order chi connectivity index (χ0) is 11.5. The minimum Gasteiger partial charge on any atom is -0.341 e. The Morgan fingerprint density at radius 1 is 1.69 bits per heavy atom. The van der Waals surface area contributed by atoms with Crippen molar-refractivity contribution in [1.82, 2.24) is 14.7 Å². The van der Waals surface area contributed by atoms with Crippen molar-refractivity contribution in [3.63, 3.8) is 0 Å². The van der Waals surface area contributed by atoms with Gasteiger partial charge in [0.15, 0.2) is 0 Å². The Labute approximate surface area is 109 Å². The van der Waals surface area contributed by atoms with E-state index in [0.717, 1.165) is 23.1 Å². The van der Waals surface area contributed by atoms with Crippen LogP contribution in [0.15, 0.2) is 12.4 Å². The lowest BCUT2D eigenvalue weighted by Crippen LogP contribution is -2.40. The number of rotatable bonds is 2. The fourth-order valence-electron chi connectivity index (χ4n) is 2.08. The van der Waals surface area contributed by atoms with Crippen molar-refractivity contribution in [3.8, 4) is 0 Å². The van der Waals surface area contributed by atoms with Crippen LogP contribution in [0, 0.1) is 9.49 Å². The second kappa shape index (κ2) is 5.16. The zero-order valence-electron chi connectivity index (χ0n) is 9.40. The van der Waals surface area contributed by atoms with Gasteiger partial charge in [-0.1, -0.05) is 6.92 Å². The molecule has 1 saturated heterocycles. The van der Waals surface area contributed by atoms with E-state index in [1.54, 1.807) is 10.9 Å². The Balaban J connectivity index is 1.92. The van der Waals surface area contributed by atoms with E-state index in [2.05, 4.69) is 34.6 Å². The standard InChI is InChI=1S/C11H16IN3O/c1-9-3-2-4-14(6-9)11(16)8-15-7-10(12)5-13-15/h5,7,9H,2-4,6,8H2,1H3/t9-/m0/s1. The maximum atomic E-state index is 12.0. The van der Waals surface area contributed by atoms with Gasteiger partial charge in [0.1, 0.15) is 6.54 Å². The molecule has 0 aromatic carbocycles. The SMILES string of the molecule is C[C@H]1CCCN(C(=O)Cn2cc(I)cn2)C1. The second-order valence-corrected chi connectivity index (χ2v) is 5.69. The third-order valence-corrected chi connectivity index (χ3v) is 3.47. The van der Waals surface area contributed by atoms with E-state index in [4.69, 9.17) is 0 Å². The highest BCUT2D eigenvalue weighted by molar-refractivity contribution is 14.1. The normalized spacial score (nSPS) is 21.1. The van der Waals surface area contributed by atoms with Crippen LogP contribution in [0.1, 0.15) is 19.8 Å². The zero-order valence-corrected chi connectivity index (χ0v) is 11.6. The van der Waals surface area contributed by atoms with Crippen molar-refractivity contribution >= 4 is 28.5 Å². The van der Waals surface area contributed by atoms with Gasteiger partial charge < -0.3 is 4.90 Å². The van der Waals surface area contributed by atoms with E-state index in [0.29, 0.717) is 12.5 Å². The van der Waals surface area contributed by atoms with Crippen molar-refractivity contribution in [2.45, 2.75) is 26.3 Å². The van der Waals surface area contributed by atoms with Crippen LogP contribution in [0.25, 0.3) is 0 Å². The van der Waals surface area contributed by atoms with Crippen LogP contribution < -0.4 is 0 Å². The Morgan fingerprint density at radius 3 is 3.12 bits per heavy atom. The molecule has 2 heterocycles. The summed E-state index contributed by atoms with van der Waals surface area (Å²) < 4.78 is 2.78. The summed E-state index contributed by atoms with van der Waals surface area (Å²) in [6, 6.07) is 0. The van der Waals surface area contributed by atoms with E-state index < -0.39 is 0 Å². The summed E-state index contributed by atoms with van der Waals surface area (Å²) >= 11 is 2.20. The highest BCUT2D eigenvalue weighted by Gasteiger charge is 2.20. The molecule has 1 fully saturated rings. The first-order chi connectivity index (χ1) is 7.65. The topological polar surface area (TPSA) is 38.1 Å². The summed E-state index contributed by atoms with van der Waals surface area (Å²) in [5.41, 5.74) is 0. The largest absolute Gasteiger partial charge is 0.341 e. The molecule has 1 aliphatic heterocycles. The van der Waals surface area contributed by atoms with Gasteiger partial charge in [0, 0.05) is 19.3 Å². The molecule has 1 aromatic rings. The van der Waals surface area contributed by atoms with Crippen molar-refractivity contribution in [3.05, 3.63) is 16.0 Å². The number of carbonyl (C=O) groups is 1. The molecule has 4 nitrogen and oxygen atoms in total. The fourth-order valence-corrected chi connectivity index (χ4v) is 2.53. The Kier molecular flexibility index (Phi) is 3.83. The molecule has 0 radical (unpaired) electrons. The molecule has 5 heteroatoms. The monoisotopic (exact) mass is 333 g/mol. The van der Waals surface area contributed by atoms with Crippen molar-refractivity contribution in [1.29, 1.82) is 0 Å². The Bertz CT molecular complexity index is 377. The summed E-state index contributed by atoms with van der Waals surface area (Å²) in [5.74, 6) is 0.821. The van der Waals surface area contributed by atoms with E-state index in [1.165, 1.54) is 6.42 Å². The van der Waals surface area contributed by atoms with Gasteiger partial charge in [-0.3, -0.25) is 9.48 Å². The van der Waals surface area contributed by atoms with Gasteiger partial charge in [0.05, 0.1) is 9.77 Å². The summed E-state index contributed by atoms with van der Waals surface area (Å²) in [6.45, 7) is 4.38. The lowest BCUT2D eigenvalue weighted by molar-refractivity contribution is -0.133. The average molecular weight is 333 g/mol. The maximum Gasteiger partial charge on any atom is 0.244 e. The average Bonchev–Trinajstić information content (AvgIpc) is 2.64. The molecule has 0 N–H and O–H groups in total. The fraction of sp³-hybridized carbons (Fsp3) is 0.636. The molecule has 1 aromatic heterocycles. The summed E-state index contributed by atoms with van der Waals surface area (Å²) in [4.78, 5) is 13.9. The summed E-state index contributed by atoms with van der Waals surface area (Å²) in [6.07, 6.45) is 6.03. The lowest BCUT2D eigenvalue weighted by Gasteiger charge is -2.30. The lowest BCUT2D eigenvalue weighted by atomic mass is 10.0. The van der Waals surface area contributed by atoms with Crippen LogP contribution in [0.4, 0.5) is 0 Å². The maximum absolute atomic E-state index is 12.0. The van der Waals surface area contributed by atoms with Crippen LogP contribution in [-0.4, -0.2) is 33.7 Å². The third kappa shape index (κ3) is 2.96. The van der Waals surface area contributed by atoms with Crippen molar-refractivity contribution < 1.29 is 4.79 Å². The van der Waals surface area contributed by atoms with Gasteiger partial charge in [-0.2, -0.15) is 5.10 Å². The first-order valence-electron chi connectivity index (χ1n) is 5.61. The number of hydrogen-bond donors (Lipinski definition) is 0. The molecule has 1 amide bonds. The molecule has 1 atom stereocenters. The van der Waals surface area contributed by atoms with E-state index >= 15 is 0 Å². The number of hydrogen-bond acceptors (Lipinski definition) is 2. The molecule has 0 spiro atoms. The predicted molar refractivity (Wildman–Crippen MR) is 69.9 cm³/mol. The van der Waals surface area contributed by atoms with Gasteiger partial charge in [0.25, 0.3) is 0 Å². The summed E-state index contributed by atoms with van der Waals surface area (Å²) in [5, 5.41) is 4.13. The number of halogens is 1. The van der Waals surface area contributed by atoms with Gasteiger partial charge in [0.2, 0.25) is 5.91 Å². The van der Waals surface area contributed by atoms with Crippen molar-refractivity contribution in [2.24, 2.45) is 5.92 Å². The number of piperidine rings is 1. The number of amides is 1. The predicted octanol–water partition coefficient (Wildman–Crippen LogP) is 1.75. The smallest absolute Gasteiger partial charge is 0.244 e. The van der Waals surface area contributed by atoms with Gasteiger partial charge >= 0.3 is 0 Å². The Hall–Kier alpha value is -0.590. The molecule has 1 aliphatic rings. The van der Waals surface area contributed by atoms with E-state index in [1.807, 2.05) is 11.1 Å². The first-order valence-corrected chi connectivity index (χ1v) is 6.69. The first kappa shape index (κ1) is 11.9. The highest BCUT2D eigenvalue weighted by atomic mass is 127. The van der Waals surface area contributed by atoms with Crippen LogP contribution in [0.5, 0.6) is 0 Å². The van der Waals surface area contributed by atoms with Crippen LogP contribution in [0.3, 0.4) is 0 Å². The van der Waals surface area contributed by atoms with Crippen LogP contribution >= 0.6 is 22.6 Å². The molecule has 0 saturated carbocycles.